The van der Waals surface area contributed by atoms with Gasteiger partial charge in [-0.3, -0.25) is 4.79 Å². The minimum absolute atomic E-state index is 0.0610. The number of esters is 1. The Balaban J connectivity index is 1.71. The van der Waals surface area contributed by atoms with Crippen molar-refractivity contribution in [3.05, 3.63) is 24.2 Å². The smallest absolute Gasteiger partial charge is 0.332 e. The number of rotatable bonds is 7. The van der Waals surface area contributed by atoms with Crippen molar-refractivity contribution in [1.82, 2.24) is 15.5 Å². The number of aldehydes is 1. The number of ether oxygens (including phenoxy) is 1. The van der Waals surface area contributed by atoms with Crippen LogP contribution in [-0.2, 0) is 25.7 Å². The normalized spacial score (nSPS) is 21.2. The van der Waals surface area contributed by atoms with E-state index in [1.54, 1.807) is 11.0 Å². The van der Waals surface area contributed by atoms with E-state index in [1.807, 2.05) is 20.8 Å². The molecular weight excluding hydrogens is 426 g/mol. The highest BCUT2D eigenvalue weighted by atomic mass is 16.5. The lowest BCUT2D eigenvalue weighted by molar-refractivity contribution is -0.154. The predicted molar refractivity (Wildman–Crippen MR) is 120 cm³/mol. The van der Waals surface area contributed by atoms with Crippen LogP contribution < -0.4 is 10.6 Å². The molecule has 182 valence electrons. The van der Waals surface area contributed by atoms with Crippen molar-refractivity contribution in [2.45, 2.75) is 89.9 Å². The van der Waals surface area contributed by atoms with Crippen LogP contribution in [0.2, 0.25) is 0 Å². The molecule has 1 aliphatic carbocycles. The molecular formula is C24H35N3O6. The molecule has 0 spiro atoms. The fourth-order valence-electron chi connectivity index (χ4n) is 4.60. The number of nitrogens with one attached hydrogen (secondary N) is 2. The van der Waals surface area contributed by atoms with Crippen molar-refractivity contribution in [3.63, 3.8) is 0 Å². The van der Waals surface area contributed by atoms with Crippen molar-refractivity contribution in [1.29, 1.82) is 0 Å². The van der Waals surface area contributed by atoms with Crippen LogP contribution in [0.1, 0.15) is 71.3 Å². The zero-order valence-corrected chi connectivity index (χ0v) is 19.7. The summed E-state index contributed by atoms with van der Waals surface area (Å²) in [4.78, 5) is 52.3. The molecule has 2 aliphatic rings. The number of carbonyl (C=O) groups is 4. The van der Waals surface area contributed by atoms with Gasteiger partial charge in [-0.05, 0) is 37.2 Å². The Labute approximate surface area is 194 Å². The zero-order valence-electron chi connectivity index (χ0n) is 19.7. The van der Waals surface area contributed by atoms with Gasteiger partial charge in [0, 0.05) is 12.1 Å². The molecule has 1 aromatic rings. The van der Waals surface area contributed by atoms with Gasteiger partial charge in [0.2, 0.25) is 5.91 Å². The highest BCUT2D eigenvalue weighted by Crippen LogP contribution is 2.30. The zero-order chi connectivity index (χ0) is 24.1. The first-order valence-corrected chi connectivity index (χ1v) is 11.7. The van der Waals surface area contributed by atoms with E-state index in [1.165, 1.54) is 12.5 Å². The fourth-order valence-corrected chi connectivity index (χ4v) is 4.60. The van der Waals surface area contributed by atoms with Crippen molar-refractivity contribution in [2.24, 2.45) is 5.41 Å². The van der Waals surface area contributed by atoms with Crippen LogP contribution in [0, 0.1) is 5.41 Å². The molecule has 0 radical (unpaired) electrons. The van der Waals surface area contributed by atoms with Crippen LogP contribution in [0.5, 0.6) is 0 Å². The molecule has 1 aromatic heterocycles. The number of urea groups is 1. The first-order chi connectivity index (χ1) is 15.7. The van der Waals surface area contributed by atoms with Gasteiger partial charge in [-0.15, -0.1) is 0 Å². The van der Waals surface area contributed by atoms with Crippen LogP contribution in [0.4, 0.5) is 4.79 Å². The van der Waals surface area contributed by atoms with Crippen molar-refractivity contribution in [3.8, 4) is 0 Å². The Bertz CT molecular complexity index is 839. The van der Waals surface area contributed by atoms with Gasteiger partial charge in [-0.25, -0.2) is 9.59 Å². The largest absolute Gasteiger partial charge is 0.472 e. The monoisotopic (exact) mass is 461 g/mol. The SMILES string of the molecule is CC(C)(C)C(NC(=O)NC1(C(=O)OCc2ccoc2)CCCCC1)C(=O)N1CCCC1C=O. The minimum atomic E-state index is -1.14. The molecule has 1 aliphatic heterocycles. The van der Waals surface area contributed by atoms with Crippen molar-refractivity contribution >= 4 is 24.2 Å². The third-order valence-corrected chi connectivity index (χ3v) is 6.53. The number of likely N-dealkylation sites (tertiary alicyclic amines) is 1. The summed E-state index contributed by atoms with van der Waals surface area (Å²) in [6.07, 6.45) is 8.68. The molecule has 0 bridgehead atoms. The maximum Gasteiger partial charge on any atom is 0.332 e. The van der Waals surface area contributed by atoms with E-state index in [0.717, 1.165) is 37.5 Å². The lowest BCUT2D eigenvalue weighted by atomic mass is 9.81. The van der Waals surface area contributed by atoms with Crippen LogP contribution >= 0.6 is 0 Å². The van der Waals surface area contributed by atoms with E-state index in [4.69, 9.17) is 9.15 Å². The molecule has 1 saturated heterocycles. The van der Waals surface area contributed by atoms with Crippen LogP contribution in [0.15, 0.2) is 23.0 Å². The van der Waals surface area contributed by atoms with Crippen molar-refractivity contribution in [2.75, 3.05) is 6.54 Å². The van der Waals surface area contributed by atoms with Gasteiger partial charge in [0.15, 0.2) is 0 Å². The van der Waals surface area contributed by atoms with E-state index in [0.29, 0.717) is 25.8 Å². The Morgan fingerprint density at radius 1 is 1.24 bits per heavy atom. The van der Waals surface area contributed by atoms with Gasteiger partial charge < -0.3 is 29.5 Å². The molecule has 3 rings (SSSR count). The summed E-state index contributed by atoms with van der Waals surface area (Å²) in [6.45, 7) is 6.13. The summed E-state index contributed by atoms with van der Waals surface area (Å²) < 4.78 is 10.5. The van der Waals surface area contributed by atoms with Crippen LogP contribution in [0.3, 0.4) is 0 Å². The van der Waals surface area contributed by atoms with E-state index in [-0.39, 0.29) is 12.5 Å². The average molecular weight is 462 g/mol. The highest BCUT2D eigenvalue weighted by Gasteiger charge is 2.44. The van der Waals surface area contributed by atoms with Gasteiger partial charge in [-0.1, -0.05) is 40.0 Å². The third kappa shape index (κ3) is 5.94. The number of hydrogen-bond acceptors (Lipinski definition) is 6. The van der Waals surface area contributed by atoms with Gasteiger partial charge >= 0.3 is 12.0 Å². The van der Waals surface area contributed by atoms with Crippen LogP contribution in [-0.4, -0.2) is 53.3 Å². The molecule has 2 N–H and O–H groups in total. The Morgan fingerprint density at radius 2 is 1.97 bits per heavy atom. The highest BCUT2D eigenvalue weighted by molar-refractivity contribution is 5.92. The number of furan rings is 1. The fraction of sp³-hybridized carbons (Fsp3) is 0.667. The van der Waals surface area contributed by atoms with E-state index < -0.39 is 35.0 Å². The first-order valence-electron chi connectivity index (χ1n) is 11.7. The molecule has 3 amide bonds. The first kappa shape index (κ1) is 24.8. The molecule has 33 heavy (non-hydrogen) atoms. The summed E-state index contributed by atoms with van der Waals surface area (Å²) in [7, 11) is 0. The van der Waals surface area contributed by atoms with E-state index in [2.05, 4.69) is 10.6 Å². The molecule has 2 unspecified atom stereocenters. The lowest BCUT2D eigenvalue weighted by Gasteiger charge is -2.38. The summed E-state index contributed by atoms with van der Waals surface area (Å²) >= 11 is 0. The summed E-state index contributed by atoms with van der Waals surface area (Å²) in [6, 6.07) is -0.187. The number of nitrogens with zero attached hydrogens (tertiary/aromatic N) is 1. The van der Waals surface area contributed by atoms with Gasteiger partial charge in [0.25, 0.3) is 0 Å². The lowest BCUT2D eigenvalue weighted by Crippen LogP contribution is -2.63. The summed E-state index contributed by atoms with van der Waals surface area (Å²) in [5, 5.41) is 5.64. The second kappa shape index (κ2) is 10.4. The van der Waals surface area contributed by atoms with Crippen LogP contribution in [0.25, 0.3) is 0 Å². The number of amides is 3. The molecule has 1 saturated carbocycles. The van der Waals surface area contributed by atoms with Crippen molar-refractivity contribution < 1.29 is 28.3 Å². The molecule has 9 nitrogen and oxygen atoms in total. The standard InChI is InChI=1S/C24H35N3O6/c1-23(2,3)19(20(29)27-12-7-8-18(27)14-28)25-22(31)26-24(10-5-4-6-11-24)21(30)33-16-17-9-13-32-15-17/h9,13-15,18-19H,4-8,10-12,16H2,1-3H3,(H2,25,26,31). The molecule has 0 aromatic carbocycles. The van der Waals surface area contributed by atoms with E-state index in [9.17, 15) is 19.2 Å². The maximum absolute atomic E-state index is 13.3. The summed E-state index contributed by atoms with van der Waals surface area (Å²) in [5.41, 5.74) is -1.00. The summed E-state index contributed by atoms with van der Waals surface area (Å²) in [5.74, 6) is -0.773. The second-order valence-electron chi connectivity index (χ2n) is 10.1. The number of hydrogen-bond donors (Lipinski definition) is 2. The number of carbonyl (C=O) groups excluding carboxylic acids is 4. The minimum Gasteiger partial charge on any atom is -0.472 e. The Hall–Kier alpha value is -2.84. The molecule has 2 heterocycles. The Morgan fingerprint density at radius 3 is 2.58 bits per heavy atom. The third-order valence-electron chi connectivity index (χ3n) is 6.53. The topological polar surface area (TPSA) is 118 Å². The molecule has 2 atom stereocenters. The average Bonchev–Trinajstić information content (AvgIpc) is 3.47. The second-order valence-corrected chi connectivity index (χ2v) is 10.1. The van der Waals surface area contributed by atoms with Gasteiger partial charge in [0.05, 0.1) is 18.6 Å². The molecule has 2 fully saturated rings. The Kier molecular flexibility index (Phi) is 7.81. The van der Waals surface area contributed by atoms with E-state index >= 15 is 0 Å². The predicted octanol–water partition coefficient (Wildman–Crippen LogP) is 2.93. The van der Waals surface area contributed by atoms with Gasteiger partial charge in [0.1, 0.15) is 24.5 Å². The maximum atomic E-state index is 13.3. The van der Waals surface area contributed by atoms with Gasteiger partial charge in [-0.2, -0.15) is 0 Å². The molecule has 9 heteroatoms. The quantitative estimate of drug-likeness (QED) is 0.476.